The van der Waals surface area contributed by atoms with E-state index in [0.29, 0.717) is 0 Å². The molecule has 0 saturated heterocycles. The zero-order valence-electron chi connectivity index (χ0n) is 10.9. The molecule has 0 aromatic rings. The van der Waals surface area contributed by atoms with Crippen LogP contribution in [0.5, 0.6) is 0 Å². The van der Waals surface area contributed by atoms with Gasteiger partial charge in [-0.1, -0.05) is 53.1 Å². The van der Waals surface area contributed by atoms with Gasteiger partial charge < -0.3 is 0 Å². The number of hydrogen-bond acceptors (Lipinski definition) is 0. The van der Waals surface area contributed by atoms with Crippen molar-refractivity contribution in [3.63, 3.8) is 0 Å². The van der Waals surface area contributed by atoms with E-state index in [1.54, 1.807) is 13.8 Å². The van der Waals surface area contributed by atoms with Gasteiger partial charge in [0.2, 0.25) is 0 Å². The van der Waals surface area contributed by atoms with Crippen molar-refractivity contribution in [2.45, 2.75) is 65.4 Å². The van der Waals surface area contributed by atoms with Crippen molar-refractivity contribution in [1.29, 1.82) is 0 Å². The van der Waals surface area contributed by atoms with E-state index in [9.17, 15) is 13.2 Å². The van der Waals surface area contributed by atoms with Crippen LogP contribution in [0, 0.1) is 10.8 Å². The molecule has 0 rings (SSSR count). The van der Waals surface area contributed by atoms with Crippen molar-refractivity contribution in [2.24, 2.45) is 10.8 Å². The molecule has 4 heteroatoms. The molecular weight excluding hydrogens is 237 g/mol. The number of alkyl halides is 4. The first-order valence-corrected chi connectivity index (χ1v) is 6.01. The number of halogens is 4. The van der Waals surface area contributed by atoms with E-state index in [1.807, 2.05) is 0 Å². The highest BCUT2D eigenvalue weighted by Gasteiger charge is 2.67. The van der Waals surface area contributed by atoms with Crippen LogP contribution in [-0.4, -0.2) is 11.1 Å². The molecule has 0 N–H and O–H groups in total. The van der Waals surface area contributed by atoms with Crippen LogP contribution in [0.1, 0.15) is 54.4 Å². The van der Waals surface area contributed by atoms with Crippen LogP contribution in [0.25, 0.3) is 0 Å². The van der Waals surface area contributed by atoms with E-state index in [-0.39, 0.29) is 12.8 Å². The zero-order chi connectivity index (χ0) is 13.4. The molecule has 0 nitrogen and oxygen atoms in total. The summed E-state index contributed by atoms with van der Waals surface area (Å²) in [7, 11) is 0. The molecule has 98 valence electrons. The Balaban J connectivity index is 5.46. The van der Waals surface area contributed by atoms with Gasteiger partial charge in [-0.15, -0.1) is 0 Å². The third kappa shape index (κ3) is 2.20. The van der Waals surface area contributed by atoms with Crippen molar-refractivity contribution < 1.29 is 13.2 Å². The normalized spacial score (nSPS) is 18.4. The van der Waals surface area contributed by atoms with Crippen LogP contribution in [-0.2, 0) is 0 Å². The van der Waals surface area contributed by atoms with E-state index >= 15 is 0 Å². The lowest BCUT2D eigenvalue weighted by Crippen LogP contribution is -2.57. The molecular formula is C12H22ClF3. The average molecular weight is 259 g/mol. The fraction of sp³-hybridized carbons (Fsp3) is 1.00. The molecule has 0 saturated carbocycles. The summed E-state index contributed by atoms with van der Waals surface area (Å²) in [5, 5.41) is -3.03. The Kier molecular flexibility index (Phi) is 4.42. The highest BCUT2D eigenvalue weighted by molar-refractivity contribution is 6.24. The molecule has 1 atom stereocenters. The van der Waals surface area contributed by atoms with Crippen LogP contribution in [0.3, 0.4) is 0 Å². The first kappa shape index (κ1) is 16.1. The Morgan fingerprint density at radius 2 is 1.12 bits per heavy atom. The van der Waals surface area contributed by atoms with Gasteiger partial charge in [0.05, 0.1) is 0 Å². The van der Waals surface area contributed by atoms with Gasteiger partial charge in [-0.05, 0) is 12.8 Å². The van der Waals surface area contributed by atoms with E-state index in [2.05, 4.69) is 0 Å². The summed E-state index contributed by atoms with van der Waals surface area (Å²) < 4.78 is 42.7. The molecule has 0 amide bonds. The smallest absolute Gasteiger partial charge is 0.219 e. The molecule has 0 spiro atoms. The minimum Gasteiger partial charge on any atom is -0.219 e. The SMILES string of the molecule is CCC(C)(C)C(F)(F)C(F)(Cl)C(C)(C)CC. The lowest BCUT2D eigenvalue weighted by atomic mass is 9.71. The molecule has 0 aromatic carbocycles. The second-order valence-corrected chi connectivity index (χ2v) is 6.14. The van der Waals surface area contributed by atoms with Crippen LogP contribution in [0.2, 0.25) is 0 Å². The van der Waals surface area contributed by atoms with E-state index in [1.165, 1.54) is 27.7 Å². The van der Waals surface area contributed by atoms with Gasteiger partial charge in [0, 0.05) is 10.8 Å². The maximum atomic E-state index is 14.3. The second-order valence-electron chi connectivity index (χ2n) is 5.62. The van der Waals surface area contributed by atoms with E-state index in [0.717, 1.165) is 0 Å². The van der Waals surface area contributed by atoms with Gasteiger partial charge in [-0.25, -0.2) is 13.2 Å². The Bertz CT molecular complexity index is 219. The molecule has 0 radical (unpaired) electrons. The van der Waals surface area contributed by atoms with Crippen molar-refractivity contribution >= 4 is 11.6 Å². The fourth-order valence-corrected chi connectivity index (χ4v) is 1.68. The Hall–Kier alpha value is 0.0800. The Morgan fingerprint density at radius 1 is 0.812 bits per heavy atom. The summed E-state index contributed by atoms with van der Waals surface area (Å²) in [5.74, 6) is -3.57. The average Bonchev–Trinajstić information content (AvgIpc) is 2.16. The first-order valence-electron chi connectivity index (χ1n) is 5.63. The van der Waals surface area contributed by atoms with Crippen molar-refractivity contribution in [3.8, 4) is 0 Å². The monoisotopic (exact) mass is 258 g/mol. The molecule has 0 fully saturated rings. The first-order chi connectivity index (χ1) is 6.87. The zero-order valence-corrected chi connectivity index (χ0v) is 11.7. The highest BCUT2D eigenvalue weighted by Crippen LogP contribution is 2.58. The largest absolute Gasteiger partial charge is 0.300 e. The molecule has 0 aliphatic rings. The topological polar surface area (TPSA) is 0 Å². The minimum atomic E-state index is -3.57. The van der Waals surface area contributed by atoms with Crippen LogP contribution in [0.15, 0.2) is 0 Å². The fourth-order valence-electron chi connectivity index (χ4n) is 1.29. The predicted octanol–water partition coefficient (Wildman–Crippen LogP) is 5.40. The minimum absolute atomic E-state index is 0.165. The van der Waals surface area contributed by atoms with Gasteiger partial charge in [0.15, 0.2) is 0 Å². The van der Waals surface area contributed by atoms with Gasteiger partial charge >= 0.3 is 5.92 Å². The van der Waals surface area contributed by atoms with Gasteiger partial charge in [-0.2, -0.15) is 0 Å². The maximum absolute atomic E-state index is 14.3. The standard InChI is InChI=1S/C12H22ClF3/c1-7-9(3,4)11(13,14)12(15,16)10(5,6)8-2/h7-8H2,1-6H3. The molecule has 0 bridgehead atoms. The summed E-state index contributed by atoms with van der Waals surface area (Å²) >= 11 is 5.57. The summed E-state index contributed by atoms with van der Waals surface area (Å²) in [6.07, 6.45) is 0.417. The molecule has 0 heterocycles. The van der Waals surface area contributed by atoms with Crippen LogP contribution < -0.4 is 0 Å². The lowest BCUT2D eigenvalue weighted by molar-refractivity contribution is -0.208. The number of rotatable bonds is 5. The van der Waals surface area contributed by atoms with Gasteiger partial charge in [0.1, 0.15) is 0 Å². The third-order valence-electron chi connectivity index (χ3n) is 3.86. The predicted molar refractivity (Wildman–Crippen MR) is 62.8 cm³/mol. The maximum Gasteiger partial charge on any atom is 0.300 e. The molecule has 16 heavy (non-hydrogen) atoms. The molecule has 0 aliphatic carbocycles. The summed E-state index contributed by atoms with van der Waals surface area (Å²) in [5.41, 5.74) is -2.74. The summed E-state index contributed by atoms with van der Waals surface area (Å²) in [6.45, 7) is 8.82. The number of hydrogen-bond donors (Lipinski definition) is 0. The second kappa shape index (κ2) is 4.40. The summed E-state index contributed by atoms with van der Waals surface area (Å²) in [6, 6.07) is 0. The van der Waals surface area contributed by atoms with Crippen LogP contribution >= 0.6 is 11.6 Å². The third-order valence-corrected chi connectivity index (χ3v) is 4.61. The molecule has 1 unspecified atom stereocenters. The molecule has 0 aromatic heterocycles. The lowest BCUT2D eigenvalue weighted by Gasteiger charge is -2.46. The van der Waals surface area contributed by atoms with E-state index in [4.69, 9.17) is 11.6 Å². The molecule has 0 aliphatic heterocycles. The van der Waals surface area contributed by atoms with Crippen molar-refractivity contribution in [1.82, 2.24) is 0 Å². The van der Waals surface area contributed by atoms with Gasteiger partial charge in [0.25, 0.3) is 5.13 Å². The van der Waals surface area contributed by atoms with Gasteiger partial charge in [-0.3, -0.25) is 0 Å². The van der Waals surface area contributed by atoms with Crippen molar-refractivity contribution in [3.05, 3.63) is 0 Å². The van der Waals surface area contributed by atoms with Crippen molar-refractivity contribution in [2.75, 3.05) is 0 Å². The quantitative estimate of drug-likeness (QED) is 0.579. The van der Waals surface area contributed by atoms with Crippen LogP contribution in [0.4, 0.5) is 13.2 Å². The summed E-state index contributed by atoms with van der Waals surface area (Å²) in [4.78, 5) is 0. The Labute approximate surface area is 102 Å². The Morgan fingerprint density at radius 3 is 1.38 bits per heavy atom. The van der Waals surface area contributed by atoms with E-state index < -0.39 is 21.9 Å². The highest BCUT2D eigenvalue weighted by atomic mass is 35.5.